The molecule has 2 atom stereocenters. The SMILES string of the molecule is NC(=O)c1ccc(N[C@@H]2CCCC[C@H]2N)cc1Br. The minimum Gasteiger partial charge on any atom is -0.381 e. The van der Waals surface area contributed by atoms with Gasteiger partial charge in [0.1, 0.15) is 0 Å². The van der Waals surface area contributed by atoms with E-state index in [0.717, 1.165) is 18.5 Å². The van der Waals surface area contributed by atoms with Crippen LogP contribution in [0.15, 0.2) is 22.7 Å². The largest absolute Gasteiger partial charge is 0.381 e. The van der Waals surface area contributed by atoms with Crippen LogP contribution < -0.4 is 16.8 Å². The number of carbonyl (C=O) groups excluding carboxylic acids is 1. The number of hydrogen-bond acceptors (Lipinski definition) is 3. The van der Waals surface area contributed by atoms with E-state index in [1.165, 1.54) is 12.8 Å². The Bertz CT molecular complexity index is 450. The summed E-state index contributed by atoms with van der Waals surface area (Å²) < 4.78 is 0.712. The summed E-state index contributed by atoms with van der Waals surface area (Å²) in [6, 6.07) is 5.98. The second-order valence-corrected chi connectivity index (χ2v) is 5.61. The molecule has 1 fully saturated rings. The highest BCUT2D eigenvalue weighted by Crippen LogP contribution is 2.25. The van der Waals surface area contributed by atoms with E-state index in [1.807, 2.05) is 12.1 Å². The maximum atomic E-state index is 11.1. The van der Waals surface area contributed by atoms with E-state index >= 15 is 0 Å². The molecular weight excluding hydrogens is 294 g/mol. The summed E-state index contributed by atoms with van der Waals surface area (Å²) in [5.74, 6) is -0.428. The number of rotatable bonds is 3. The van der Waals surface area contributed by atoms with Gasteiger partial charge in [-0.25, -0.2) is 0 Å². The monoisotopic (exact) mass is 311 g/mol. The average molecular weight is 312 g/mol. The summed E-state index contributed by atoms with van der Waals surface area (Å²) in [4.78, 5) is 11.1. The van der Waals surface area contributed by atoms with Crippen molar-refractivity contribution in [3.63, 3.8) is 0 Å². The Morgan fingerprint density at radius 2 is 2.06 bits per heavy atom. The van der Waals surface area contributed by atoms with Crippen molar-refractivity contribution >= 4 is 27.5 Å². The predicted molar refractivity (Wildman–Crippen MR) is 76.5 cm³/mol. The fourth-order valence-corrected chi connectivity index (χ4v) is 2.93. The van der Waals surface area contributed by atoms with Crippen LogP contribution in [0.3, 0.4) is 0 Å². The molecule has 18 heavy (non-hydrogen) atoms. The van der Waals surface area contributed by atoms with Crippen molar-refractivity contribution < 1.29 is 4.79 Å². The molecule has 0 unspecified atom stereocenters. The fourth-order valence-electron chi connectivity index (χ4n) is 2.36. The number of nitrogens with two attached hydrogens (primary N) is 2. The number of primary amides is 1. The molecular formula is C13H18BrN3O. The molecule has 1 aliphatic rings. The van der Waals surface area contributed by atoms with Gasteiger partial charge in [-0.2, -0.15) is 0 Å². The van der Waals surface area contributed by atoms with E-state index in [2.05, 4.69) is 21.2 Å². The lowest BCUT2D eigenvalue weighted by molar-refractivity contribution is 0.0999. The molecule has 1 aromatic rings. The van der Waals surface area contributed by atoms with Crippen molar-refractivity contribution in [2.75, 3.05) is 5.32 Å². The standard InChI is InChI=1S/C13H18BrN3O/c14-10-7-8(5-6-9(10)13(16)18)17-12-4-2-1-3-11(12)15/h5-7,11-12,17H,1-4,15H2,(H2,16,18)/t11-,12-/m1/s1. The molecule has 0 aliphatic heterocycles. The Hall–Kier alpha value is -1.07. The van der Waals surface area contributed by atoms with Gasteiger partial charge in [0.25, 0.3) is 0 Å². The van der Waals surface area contributed by atoms with Crippen molar-refractivity contribution in [2.45, 2.75) is 37.8 Å². The molecule has 1 aliphatic carbocycles. The number of nitrogens with one attached hydrogen (secondary N) is 1. The van der Waals surface area contributed by atoms with E-state index in [0.29, 0.717) is 16.1 Å². The molecule has 0 heterocycles. The highest BCUT2D eigenvalue weighted by molar-refractivity contribution is 9.10. The van der Waals surface area contributed by atoms with Gasteiger partial charge in [-0.1, -0.05) is 12.8 Å². The normalized spacial score (nSPS) is 23.7. The van der Waals surface area contributed by atoms with E-state index < -0.39 is 5.91 Å². The number of carbonyl (C=O) groups is 1. The van der Waals surface area contributed by atoms with Crippen LogP contribution >= 0.6 is 15.9 Å². The van der Waals surface area contributed by atoms with Gasteiger partial charge in [-0.15, -0.1) is 0 Å². The zero-order valence-corrected chi connectivity index (χ0v) is 11.7. The quantitative estimate of drug-likeness (QED) is 0.800. The number of halogens is 1. The maximum Gasteiger partial charge on any atom is 0.249 e. The molecule has 1 amide bonds. The topological polar surface area (TPSA) is 81.1 Å². The first-order valence-corrected chi connectivity index (χ1v) is 6.98. The Morgan fingerprint density at radius 1 is 1.33 bits per heavy atom. The minimum absolute atomic E-state index is 0.202. The van der Waals surface area contributed by atoms with E-state index in [1.54, 1.807) is 6.07 Å². The van der Waals surface area contributed by atoms with E-state index in [9.17, 15) is 4.79 Å². The van der Waals surface area contributed by atoms with Gasteiger partial charge in [-0.3, -0.25) is 4.79 Å². The highest BCUT2D eigenvalue weighted by Gasteiger charge is 2.21. The molecule has 1 saturated carbocycles. The Labute approximate surface area is 115 Å². The van der Waals surface area contributed by atoms with Gasteiger partial charge in [0, 0.05) is 22.2 Å². The molecule has 98 valence electrons. The first-order valence-electron chi connectivity index (χ1n) is 6.19. The van der Waals surface area contributed by atoms with Crippen molar-refractivity contribution in [3.8, 4) is 0 Å². The van der Waals surface area contributed by atoms with Crippen molar-refractivity contribution in [1.82, 2.24) is 0 Å². The van der Waals surface area contributed by atoms with Crippen molar-refractivity contribution in [1.29, 1.82) is 0 Å². The van der Waals surface area contributed by atoms with Crippen LogP contribution in [-0.2, 0) is 0 Å². The second kappa shape index (κ2) is 5.71. The average Bonchev–Trinajstić information content (AvgIpc) is 2.32. The Balaban J connectivity index is 2.10. The molecule has 0 aromatic heterocycles. The number of anilines is 1. The van der Waals surface area contributed by atoms with Crippen LogP contribution in [0.1, 0.15) is 36.0 Å². The van der Waals surface area contributed by atoms with Gasteiger partial charge < -0.3 is 16.8 Å². The molecule has 2 rings (SSSR count). The van der Waals surface area contributed by atoms with Gasteiger partial charge in [0.05, 0.1) is 5.56 Å². The van der Waals surface area contributed by atoms with Crippen LogP contribution in [0, 0.1) is 0 Å². The van der Waals surface area contributed by atoms with Gasteiger partial charge in [-0.05, 0) is 47.0 Å². The smallest absolute Gasteiger partial charge is 0.249 e. The third kappa shape index (κ3) is 3.03. The molecule has 0 saturated heterocycles. The lowest BCUT2D eigenvalue weighted by atomic mass is 9.91. The highest BCUT2D eigenvalue weighted by atomic mass is 79.9. The molecule has 0 spiro atoms. The van der Waals surface area contributed by atoms with E-state index in [-0.39, 0.29) is 6.04 Å². The minimum atomic E-state index is -0.428. The van der Waals surface area contributed by atoms with Crippen LogP contribution in [-0.4, -0.2) is 18.0 Å². The Morgan fingerprint density at radius 3 is 2.67 bits per heavy atom. The van der Waals surface area contributed by atoms with Crippen LogP contribution in [0.2, 0.25) is 0 Å². The summed E-state index contributed by atoms with van der Waals surface area (Å²) >= 11 is 3.36. The molecule has 5 N–H and O–H groups in total. The summed E-state index contributed by atoms with van der Waals surface area (Å²) in [6.45, 7) is 0. The summed E-state index contributed by atoms with van der Waals surface area (Å²) in [5.41, 5.74) is 12.8. The molecule has 5 heteroatoms. The zero-order chi connectivity index (χ0) is 13.1. The van der Waals surface area contributed by atoms with Gasteiger partial charge in [0.2, 0.25) is 5.91 Å². The van der Waals surface area contributed by atoms with Crippen molar-refractivity contribution in [2.24, 2.45) is 11.5 Å². The van der Waals surface area contributed by atoms with Crippen LogP contribution in [0.5, 0.6) is 0 Å². The van der Waals surface area contributed by atoms with Crippen LogP contribution in [0.4, 0.5) is 5.69 Å². The third-order valence-corrected chi connectivity index (χ3v) is 4.06. The van der Waals surface area contributed by atoms with E-state index in [4.69, 9.17) is 11.5 Å². The summed E-state index contributed by atoms with van der Waals surface area (Å²) in [7, 11) is 0. The predicted octanol–water partition coefficient (Wildman–Crippen LogP) is 2.23. The van der Waals surface area contributed by atoms with Gasteiger partial charge in [0.15, 0.2) is 0 Å². The molecule has 1 aromatic carbocycles. The van der Waals surface area contributed by atoms with Crippen molar-refractivity contribution in [3.05, 3.63) is 28.2 Å². The molecule has 0 radical (unpaired) electrons. The number of benzene rings is 1. The summed E-state index contributed by atoms with van der Waals surface area (Å²) in [6.07, 6.45) is 4.59. The zero-order valence-electron chi connectivity index (χ0n) is 10.2. The van der Waals surface area contributed by atoms with Crippen LogP contribution in [0.25, 0.3) is 0 Å². The number of amides is 1. The second-order valence-electron chi connectivity index (χ2n) is 4.76. The fraction of sp³-hybridized carbons (Fsp3) is 0.462. The summed E-state index contributed by atoms with van der Waals surface area (Å²) in [5, 5.41) is 3.43. The lowest BCUT2D eigenvalue weighted by Crippen LogP contribution is -2.42. The Kier molecular flexibility index (Phi) is 4.24. The third-order valence-electron chi connectivity index (χ3n) is 3.41. The molecule has 0 bridgehead atoms. The maximum absolute atomic E-state index is 11.1. The first-order chi connectivity index (χ1) is 8.58. The molecule has 4 nitrogen and oxygen atoms in total. The number of hydrogen-bond donors (Lipinski definition) is 3. The van der Waals surface area contributed by atoms with Gasteiger partial charge >= 0.3 is 0 Å². The lowest BCUT2D eigenvalue weighted by Gasteiger charge is -2.30. The first kappa shape index (κ1) is 13.4.